The highest BCUT2D eigenvalue weighted by atomic mass is 32.2. The van der Waals surface area contributed by atoms with Crippen molar-refractivity contribution in [2.75, 3.05) is 17.7 Å². The van der Waals surface area contributed by atoms with Crippen LogP contribution in [0.15, 0.2) is 95.9 Å². The lowest BCUT2D eigenvalue weighted by atomic mass is 10.1. The molecular formula is C25H22N2O5S. The summed E-state index contributed by atoms with van der Waals surface area (Å²) in [4.78, 5) is 36.4. The number of carbonyl (C=O) groups is 3. The second-order valence-corrected chi connectivity index (χ2v) is 7.99. The van der Waals surface area contributed by atoms with Gasteiger partial charge >= 0.3 is 5.97 Å². The first-order valence-electron chi connectivity index (χ1n) is 9.93. The third-order valence-electron chi connectivity index (χ3n) is 4.43. The van der Waals surface area contributed by atoms with E-state index in [1.54, 1.807) is 49.6 Å². The molecule has 0 aromatic heterocycles. The maximum Gasteiger partial charge on any atom is 0.328 e. The number of hydrogen-bond acceptors (Lipinski definition) is 5. The van der Waals surface area contributed by atoms with E-state index in [2.05, 4.69) is 10.6 Å². The van der Waals surface area contributed by atoms with Gasteiger partial charge in [0.1, 0.15) is 11.0 Å². The van der Waals surface area contributed by atoms with E-state index in [1.807, 2.05) is 36.4 Å². The molecule has 2 amide bonds. The summed E-state index contributed by atoms with van der Waals surface area (Å²) in [6.45, 7) is 0. The number of amides is 2. The van der Waals surface area contributed by atoms with Crippen molar-refractivity contribution in [3.63, 3.8) is 0 Å². The average Bonchev–Trinajstić information content (AvgIpc) is 2.82. The minimum absolute atomic E-state index is 0.199. The van der Waals surface area contributed by atoms with E-state index in [-0.39, 0.29) is 5.91 Å². The van der Waals surface area contributed by atoms with Crippen LogP contribution in [0.25, 0.3) is 0 Å². The van der Waals surface area contributed by atoms with Gasteiger partial charge in [0.15, 0.2) is 0 Å². The van der Waals surface area contributed by atoms with Gasteiger partial charge in [-0.3, -0.25) is 9.59 Å². The molecule has 3 rings (SSSR count). The van der Waals surface area contributed by atoms with Crippen molar-refractivity contribution >= 4 is 40.9 Å². The highest BCUT2D eigenvalue weighted by Crippen LogP contribution is 2.37. The molecule has 0 spiro atoms. The van der Waals surface area contributed by atoms with Crippen molar-refractivity contribution in [1.82, 2.24) is 0 Å². The fourth-order valence-corrected chi connectivity index (χ4v) is 3.98. The van der Waals surface area contributed by atoms with Crippen LogP contribution in [0.3, 0.4) is 0 Å². The zero-order valence-electron chi connectivity index (χ0n) is 17.7. The Hall–Kier alpha value is -4.04. The molecule has 8 heteroatoms. The number of carboxylic acids is 1. The van der Waals surface area contributed by atoms with Crippen molar-refractivity contribution in [3.05, 3.63) is 96.6 Å². The van der Waals surface area contributed by atoms with E-state index in [4.69, 9.17) is 9.84 Å². The summed E-state index contributed by atoms with van der Waals surface area (Å²) in [5.74, 6) is -1.27. The number of rotatable bonds is 9. The fourth-order valence-electron chi connectivity index (χ4n) is 2.90. The Morgan fingerprint density at radius 2 is 1.61 bits per heavy atom. The summed E-state index contributed by atoms with van der Waals surface area (Å²) < 4.78 is 5.16. The number of carbonyl (C=O) groups excluding carboxylic acids is 2. The highest BCUT2D eigenvalue weighted by Gasteiger charge is 2.22. The number of aliphatic carboxylic acids is 1. The summed E-state index contributed by atoms with van der Waals surface area (Å²) in [6.07, 6.45) is 1.71. The Balaban J connectivity index is 1.78. The molecule has 7 nitrogen and oxygen atoms in total. The minimum Gasteiger partial charge on any atom is -0.497 e. The first-order valence-corrected chi connectivity index (χ1v) is 10.8. The number of hydrogen-bond donors (Lipinski definition) is 3. The summed E-state index contributed by atoms with van der Waals surface area (Å²) in [7, 11) is 1.58. The molecule has 3 N–H and O–H groups in total. The van der Waals surface area contributed by atoms with Crippen LogP contribution in [0.2, 0.25) is 0 Å². The second-order valence-electron chi connectivity index (χ2n) is 6.81. The van der Waals surface area contributed by atoms with Crippen LogP contribution in [0.5, 0.6) is 5.75 Å². The van der Waals surface area contributed by atoms with Crippen LogP contribution >= 0.6 is 11.8 Å². The van der Waals surface area contributed by atoms with Gasteiger partial charge in [0.05, 0.1) is 7.11 Å². The largest absolute Gasteiger partial charge is 0.497 e. The smallest absolute Gasteiger partial charge is 0.328 e. The standard InChI is InChI=1S/C25H22N2O5S/c1-32-20-12-10-18(11-13-20)27-25(31)24(17-6-3-2-4-7-17)33-21-9-5-8-19(16-21)26-22(28)14-15-23(29)30/h2-16,24H,1H3,(H,26,28)(H,27,31)(H,29,30)/b15-14+. The molecule has 0 aliphatic rings. The molecule has 0 saturated heterocycles. The number of anilines is 2. The molecule has 0 radical (unpaired) electrons. The first kappa shape index (κ1) is 23.6. The third kappa shape index (κ3) is 7.26. The lowest BCUT2D eigenvalue weighted by molar-refractivity contribution is -0.131. The first-order chi connectivity index (χ1) is 15.9. The minimum atomic E-state index is -1.21. The van der Waals surface area contributed by atoms with Crippen LogP contribution in [-0.2, 0) is 14.4 Å². The number of ether oxygens (including phenoxy) is 1. The molecule has 0 aliphatic carbocycles. The lowest BCUT2D eigenvalue weighted by Gasteiger charge is -2.18. The Bertz CT molecular complexity index is 1150. The summed E-state index contributed by atoms with van der Waals surface area (Å²) in [5.41, 5.74) is 1.96. The molecule has 1 unspecified atom stereocenters. The summed E-state index contributed by atoms with van der Waals surface area (Å²) in [6, 6.07) is 23.5. The predicted molar refractivity (Wildman–Crippen MR) is 129 cm³/mol. The molecule has 0 heterocycles. The third-order valence-corrected chi connectivity index (χ3v) is 5.68. The number of benzene rings is 3. The molecule has 168 valence electrons. The van der Waals surface area contributed by atoms with Gasteiger partial charge in [-0.15, -0.1) is 11.8 Å². The topological polar surface area (TPSA) is 105 Å². The number of thioether (sulfide) groups is 1. The number of methoxy groups -OCH3 is 1. The quantitative estimate of drug-likeness (QED) is 0.313. The van der Waals surface area contributed by atoms with E-state index >= 15 is 0 Å². The zero-order chi connectivity index (χ0) is 23.6. The summed E-state index contributed by atoms with van der Waals surface area (Å²) >= 11 is 1.34. The van der Waals surface area contributed by atoms with Crippen molar-refractivity contribution in [1.29, 1.82) is 0 Å². The lowest BCUT2D eigenvalue weighted by Crippen LogP contribution is -2.19. The molecule has 0 saturated carbocycles. The van der Waals surface area contributed by atoms with Gasteiger partial charge in [0.2, 0.25) is 11.8 Å². The zero-order valence-corrected chi connectivity index (χ0v) is 18.5. The maximum absolute atomic E-state index is 13.2. The van der Waals surface area contributed by atoms with E-state index in [0.717, 1.165) is 22.6 Å². The van der Waals surface area contributed by atoms with E-state index in [1.165, 1.54) is 11.8 Å². The second kappa shape index (κ2) is 11.5. The van der Waals surface area contributed by atoms with E-state index < -0.39 is 17.1 Å². The fraction of sp³-hybridized carbons (Fsp3) is 0.0800. The molecule has 0 aliphatic heterocycles. The van der Waals surface area contributed by atoms with Gasteiger partial charge in [0.25, 0.3) is 0 Å². The van der Waals surface area contributed by atoms with Gasteiger partial charge in [-0.05, 0) is 48.0 Å². The van der Waals surface area contributed by atoms with Gasteiger partial charge in [-0.1, -0.05) is 36.4 Å². The summed E-state index contributed by atoms with van der Waals surface area (Å²) in [5, 5.41) is 13.7. The Labute approximate surface area is 195 Å². The Morgan fingerprint density at radius 1 is 0.879 bits per heavy atom. The molecule has 3 aromatic rings. The van der Waals surface area contributed by atoms with Gasteiger partial charge in [0, 0.05) is 28.4 Å². The van der Waals surface area contributed by atoms with Crippen LogP contribution in [0, 0.1) is 0 Å². The number of carboxylic acid groups (broad SMARTS) is 1. The molecule has 1 atom stereocenters. The normalized spacial score (nSPS) is 11.5. The monoisotopic (exact) mass is 462 g/mol. The SMILES string of the molecule is COc1ccc(NC(=O)C(Sc2cccc(NC(=O)/C=C/C(=O)O)c2)c2ccccc2)cc1. The van der Waals surface area contributed by atoms with Crippen LogP contribution in [0.4, 0.5) is 11.4 Å². The molecule has 3 aromatic carbocycles. The number of nitrogens with one attached hydrogen (secondary N) is 2. The molecule has 0 fully saturated rings. The van der Waals surface area contributed by atoms with Crippen LogP contribution in [-0.4, -0.2) is 30.0 Å². The van der Waals surface area contributed by atoms with Crippen LogP contribution < -0.4 is 15.4 Å². The highest BCUT2D eigenvalue weighted by molar-refractivity contribution is 8.00. The predicted octanol–water partition coefficient (Wildman–Crippen LogP) is 4.75. The molecule has 33 heavy (non-hydrogen) atoms. The maximum atomic E-state index is 13.2. The van der Waals surface area contributed by atoms with Crippen molar-refractivity contribution in [2.24, 2.45) is 0 Å². The van der Waals surface area contributed by atoms with E-state index in [9.17, 15) is 14.4 Å². The van der Waals surface area contributed by atoms with Gasteiger partial charge < -0.3 is 20.5 Å². The van der Waals surface area contributed by atoms with Gasteiger partial charge in [-0.25, -0.2) is 4.79 Å². The average molecular weight is 463 g/mol. The van der Waals surface area contributed by atoms with Gasteiger partial charge in [-0.2, -0.15) is 0 Å². The van der Waals surface area contributed by atoms with Crippen molar-refractivity contribution in [3.8, 4) is 5.75 Å². The van der Waals surface area contributed by atoms with Crippen LogP contribution in [0.1, 0.15) is 10.8 Å². The van der Waals surface area contributed by atoms with Crippen molar-refractivity contribution in [2.45, 2.75) is 10.1 Å². The van der Waals surface area contributed by atoms with E-state index in [0.29, 0.717) is 17.1 Å². The van der Waals surface area contributed by atoms with Crippen molar-refractivity contribution < 1.29 is 24.2 Å². The Morgan fingerprint density at radius 3 is 2.27 bits per heavy atom. The molecule has 0 bridgehead atoms. The molecular weight excluding hydrogens is 440 g/mol. The Kier molecular flexibility index (Phi) is 8.26.